The summed E-state index contributed by atoms with van der Waals surface area (Å²) >= 11 is 1.76. The number of carbonyl (C=O) groups is 4. The first-order valence-electron chi connectivity index (χ1n) is 21.9. The van der Waals surface area contributed by atoms with Crippen LogP contribution in [-0.4, -0.2) is 82.3 Å². The van der Waals surface area contributed by atoms with Crippen molar-refractivity contribution in [3.8, 4) is 0 Å². The van der Waals surface area contributed by atoms with Crippen LogP contribution >= 0.6 is 11.3 Å². The fourth-order valence-electron chi connectivity index (χ4n) is 11.4. The molecule has 4 aromatic rings. The van der Waals surface area contributed by atoms with Crippen molar-refractivity contribution in [2.24, 2.45) is 17.3 Å². The molecule has 4 amide bonds. The quantitative estimate of drug-likeness (QED) is 0.141. The van der Waals surface area contributed by atoms with Gasteiger partial charge in [-0.1, -0.05) is 36.9 Å². The highest BCUT2D eigenvalue weighted by molar-refractivity contribution is 7.18. The highest BCUT2D eigenvalue weighted by Crippen LogP contribution is 2.54. The van der Waals surface area contributed by atoms with E-state index in [0.717, 1.165) is 76.1 Å². The maximum Gasteiger partial charge on any atom is 0.261 e. The normalized spacial score (nSPS) is 24.4. The Morgan fingerprint density at radius 3 is 2.47 bits per heavy atom. The summed E-state index contributed by atoms with van der Waals surface area (Å²) in [5.41, 5.74) is 6.21. The van der Waals surface area contributed by atoms with Gasteiger partial charge in [0.25, 0.3) is 11.8 Å². The number of carbonyl (C=O) groups excluding carboxylic acids is 4. The van der Waals surface area contributed by atoms with Crippen LogP contribution in [0.5, 0.6) is 0 Å². The lowest BCUT2D eigenvalue weighted by atomic mass is 9.57. The van der Waals surface area contributed by atoms with Gasteiger partial charge in [-0.05, 0) is 119 Å². The second-order valence-corrected chi connectivity index (χ2v) is 20.1. The first kappa shape index (κ1) is 39.2. The van der Waals surface area contributed by atoms with Gasteiger partial charge in [-0.3, -0.25) is 29.4 Å². The topological polar surface area (TPSA) is 135 Å². The predicted molar refractivity (Wildman–Crippen MR) is 234 cm³/mol. The van der Waals surface area contributed by atoms with E-state index in [-0.39, 0.29) is 24.1 Å². The number of anilines is 2. The van der Waals surface area contributed by atoms with Crippen LogP contribution in [0.4, 0.5) is 11.4 Å². The number of rotatable bonds is 10. The second-order valence-electron chi connectivity index (χ2n) is 19.0. The molecule has 1 atom stereocenters. The molecule has 60 heavy (non-hydrogen) atoms. The number of hydrogen-bond donors (Lipinski definition) is 3. The van der Waals surface area contributed by atoms with E-state index in [9.17, 15) is 24.3 Å². The van der Waals surface area contributed by atoms with Gasteiger partial charge >= 0.3 is 0 Å². The van der Waals surface area contributed by atoms with Crippen LogP contribution in [0.3, 0.4) is 0 Å². The summed E-state index contributed by atoms with van der Waals surface area (Å²) in [6, 6.07) is 17.0. The number of nitrogens with zero attached hydrogens (tertiary/aromatic N) is 4. The zero-order valence-electron chi connectivity index (χ0n) is 34.6. The van der Waals surface area contributed by atoms with Gasteiger partial charge in [-0.15, -0.1) is 11.3 Å². The minimum Gasteiger partial charge on any atom is -0.386 e. The molecule has 0 bridgehead atoms. The van der Waals surface area contributed by atoms with E-state index in [1.165, 1.54) is 55.2 Å². The molecule has 2 saturated carbocycles. The molecule has 2 saturated heterocycles. The minimum absolute atomic E-state index is 0.00949. The van der Waals surface area contributed by atoms with Gasteiger partial charge in [0.1, 0.15) is 6.04 Å². The maximum atomic E-state index is 13.7. The lowest BCUT2D eigenvalue weighted by Crippen LogP contribution is -2.63. The monoisotopic (exact) mass is 826 g/mol. The van der Waals surface area contributed by atoms with Crippen molar-refractivity contribution < 1.29 is 24.3 Å². The molecule has 5 heterocycles. The zero-order valence-corrected chi connectivity index (χ0v) is 35.4. The van der Waals surface area contributed by atoms with Gasteiger partial charge in [0.05, 0.1) is 32.1 Å². The third kappa shape index (κ3) is 6.94. The molecule has 1 spiro atoms. The van der Waals surface area contributed by atoms with E-state index in [1.54, 1.807) is 25.2 Å². The van der Waals surface area contributed by atoms with Gasteiger partial charge < -0.3 is 20.2 Å². The molecule has 1 unspecified atom stereocenters. The Bertz CT molecular complexity index is 2430. The number of aliphatic hydroxyl groups is 1. The number of amides is 4. The summed E-state index contributed by atoms with van der Waals surface area (Å²) in [6.45, 7) is 12.7. The Labute approximate surface area is 355 Å². The van der Waals surface area contributed by atoms with Crippen LogP contribution in [-0.2, 0) is 21.6 Å². The van der Waals surface area contributed by atoms with Crippen LogP contribution in [0, 0.1) is 17.3 Å². The van der Waals surface area contributed by atoms with E-state index < -0.39 is 17.6 Å². The number of likely N-dealkylation sites (tertiary alicyclic amines) is 1. The van der Waals surface area contributed by atoms with Crippen LogP contribution in [0.2, 0.25) is 0 Å². The lowest BCUT2D eigenvalue weighted by molar-refractivity contribution is -0.136. The summed E-state index contributed by atoms with van der Waals surface area (Å²) in [5.74, 6) is 0.851. The molecular formula is C48H54N6O5S. The standard InChI is InChI=1S/C48H54N6O5S/c1-28-33-9-6-10-36(42(33)46(58)54(28)38-15-16-41(55)51-43(38)56)49-19-17-30-23-48(24-30)26-52(27-48)25-29-11-13-32(14-12-29)44-50-37-21-35(47(2,3)59)39(22-40(37)60-44)53-20-18-31-7-4-5-8-34(31)45(53)57/h4-10,21-22,29-30,32,38,49,59H,1,11-20,23-27H2,2-3H3,(H,51,55,56). The first-order chi connectivity index (χ1) is 28.8. The number of nitrogens with one attached hydrogen (secondary N) is 2. The Kier molecular flexibility index (Phi) is 9.76. The van der Waals surface area contributed by atoms with Crippen LogP contribution in [0.1, 0.15) is 120 Å². The van der Waals surface area contributed by atoms with Gasteiger partial charge in [0.15, 0.2) is 0 Å². The first-order valence-corrected chi connectivity index (χ1v) is 22.7. The summed E-state index contributed by atoms with van der Waals surface area (Å²) in [5, 5.41) is 18.3. The molecule has 12 heteroatoms. The molecular weight excluding hydrogens is 773 g/mol. The average molecular weight is 827 g/mol. The average Bonchev–Trinajstić information content (AvgIpc) is 3.73. The van der Waals surface area contributed by atoms with Crippen LogP contribution < -0.4 is 15.5 Å². The summed E-state index contributed by atoms with van der Waals surface area (Å²) in [4.78, 5) is 62.7. The molecule has 2 aliphatic carbocycles. The van der Waals surface area contributed by atoms with Gasteiger partial charge in [-0.2, -0.15) is 0 Å². The molecule has 312 valence electrons. The van der Waals surface area contributed by atoms with Crippen LogP contribution in [0.25, 0.3) is 15.9 Å². The minimum atomic E-state index is -1.12. The molecule has 6 aliphatic rings. The Balaban J connectivity index is 0.693. The number of imide groups is 1. The smallest absolute Gasteiger partial charge is 0.261 e. The largest absolute Gasteiger partial charge is 0.386 e. The summed E-state index contributed by atoms with van der Waals surface area (Å²) in [7, 11) is 0. The van der Waals surface area contributed by atoms with Crippen molar-refractivity contribution in [3.63, 3.8) is 0 Å². The zero-order chi connectivity index (χ0) is 41.5. The van der Waals surface area contributed by atoms with Gasteiger partial charge in [0.2, 0.25) is 11.8 Å². The maximum absolute atomic E-state index is 13.7. The summed E-state index contributed by atoms with van der Waals surface area (Å²) < 4.78 is 1.07. The van der Waals surface area contributed by atoms with Crippen molar-refractivity contribution in [3.05, 3.63) is 94.0 Å². The third-order valence-electron chi connectivity index (χ3n) is 14.3. The lowest BCUT2D eigenvalue weighted by Gasteiger charge is -2.60. The SMILES string of the molecule is C=C1c2cccc(NCCC3CC4(C3)CN(CC3CCC(c5nc6cc(C(C)(C)O)c(N7CCc8ccccc8C7=O)cc6s5)CC3)C4)c2C(=O)N1C1CCC(=O)NC1=O. The summed E-state index contributed by atoms with van der Waals surface area (Å²) in [6.07, 6.45) is 9.59. The van der Waals surface area contributed by atoms with Gasteiger partial charge in [0, 0.05) is 73.1 Å². The highest BCUT2D eigenvalue weighted by atomic mass is 32.1. The fraction of sp³-hybridized carbons (Fsp3) is 0.479. The number of hydrogen-bond acceptors (Lipinski definition) is 9. The number of piperidine rings is 1. The molecule has 10 rings (SSSR count). The van der Waals surface area contributed by atoms with Crippen molar-refractivity contribution in [2.75, 3.05) is 42.9 Å². The molecule has 1 aromatic heterocycles. The number of thiazole rings is 1. The Morgan fingerprint density at radius 1 is 0.933 bits per heavy atom. The molecule has 4 fully saturated rings. The second kappa shape index (κ2) is 14.9. The van der Waals surface area contributed by atoms with Crippen molar-refractivity contribution in [1.82, 2.24) is 20.1 Å². The van der Waals surface area contributed by atoms with Crippen molar-refractivity contribution in [2.45, 2.75) is 95.6 Å². The van der Waals surface area contributed by atoms with E-state index >= 15 is 0 Å². The highest BCUT2D eigenvalue weighted by Gasteiger charge is 2.52. The Hall–Kier alpha value is -4.91. The van der Waals surface area contributed by atoms with E-state index in [4.69, 9.17) is 4.98 Å². The van der Waals surface area contributed by atoms with E-state index in [1.807, 2.05) is 53.4 Å². The molecule has 4 aliphatic heterocycles. The van der Waals surface area contributed by atoms with E-state index in [2.05, 4.69) is 28.2 Å². The third-order valence-corrected chi connectivity index (χ3v) is 15.5. The van der Waals surface area contributed by atoms with Crippen molar-refractivity contribution >= 4 is 62.3 Å². The molecule has 3 N–H and O–H groups in total. The Morgan fingerprint density at radius 2 is 1.70 bits per heavy atom. The van der Waals surface area contributed by atoms with E-state index in [0.29, 0.717) is 47.4 Å². The molecule has 3 aromatic carbocycles. The van der Waals surface area contributed by atoms with Crippen LogP contribution in [0.15, 0.2) is 61.2 Å². The number of aromatic nitrogens is 1. The predicted octanol–water partition coefficient (Wildman–Crippen LogP) is 7.45. The van der Waals surface area contributed by atoms with Gasteiger partial charge in [-0.25, -0.2) is 4.98 Å². The number of fused-ring (bicyclic) bond motifs is 3. The number of benzene rings is 3. The van der Waals surface area contributed by atoms with Crippen molar-refractivity contribution in [1.29, 1.82) is 0 Å². The molecule has 11 nitrogen and oxygen atoms in total. The molecule has 0 radical (unpaired) electrons. The fourth-order valence-corrected chi connectivity index (χ4v) is 12.5.